The van der Waals surface area contributed by atoms with Gasteiger partial charge in [-0.05, 0) is 70.4 Å². The van der Waals surface area contributed by atoms with Crippen molar-refractivity contribution in [2.45, 2.75) is 19.3 Å². The highest BCUT2D eigenvalue weighted by molar-refractivity contribution is 9.10. The van der Waals surface area contributed by atoms with E-state index in [1.165, 1.54) is 59.1 Å². The molecule has 0 N–H and O–H groups in total. The Kier molecular flexibility index (Phi) is 4.28. The quantitative estimate of drug-likeness (QED) is 0.209. The monoisotopic (exact) mass is 519 g/mol. The molecule has 0 atom stereocenters. The van der Waals surface area contributed by atoms with E-state index in [0.717, 1.165) is 4.47 Å². The summed E-state index contributed by atoms with van der Waals surface area (Å²) in [5.74, 6) is 0. The Morgan fingerprint density at radius 3 is 2.32 bits per heavy atom. The number of benzene rings is 5. The number of nitrogens with zero attached hydrogens (tertiary/aromatic N) is 1. The van der Waals surface area contributed by atoms with Crippen molar-refractivity contribution in [3.05, 3.63) is 113 Å². The number of rotatable bonds is 1. The Labute approximate surface area is 211 Å². The lowest BCUT2D eigenvalue weighted by atomic mass is 9.73. The van der Waals surface area contributed by atoms with E-state index in [4.69, 9.17) is 0 Å². The molecule has 0 bridgehead atoms. The van der Waals surface area contributed by atoms with Gasteiger partial charge in [-0.1, -0.05) is 78.3 Å². The van der Waals surface area contributed by atoms with Crippen LogP contribution in [0, 0.1) is 0 Å². The highest BCUT2D eigenvalue weighted by Crippen LogP contribution is 2.54. The van der Waals surface area contributed by atoms with Crippen LogP contribution in [0.1, 0.15) is 25.0 Å². The van der Waals surface area contributed by atoms with Gasteiger partial charge >= 0.3 is 0 Å². The van der Waals surface area contributed by atoms with Crippen LogP contribution in [0.3, 0.4) is 0 Å². The molecule has 0 saturated heterocycles. The maximum absolute atomic E-state index is 3.61. The number of fused-ring (bicyclic) bond motifs is 6. The molecule has 0 saturated carbocycles. The Morgan fingerprint density at radius 2 is 1.41 bits per heavy atom. The van der Waals surface area contributed by atoms with Crippen molar-refractivity contribution in [2.24, 2.45) is 0 Å². The highest BCUT2D eigenvalue weighted by atomic mass is 79.9. The molecule has 0 fully saturated rings. The van der Waals surface area contributed by atoms with Crippen molar-refractivity contribution in [2.75, 3.05) is 4.90 Å². The minimum Gasteiger partial charge on any atom is -0.310 e. The second-order valence-electron chi connectivity index (χ2n) is 9.62. The fraction of sp³-hybridized carbons (Fsp3) is 0.0968. The molecule has 164 valence electrons. The minimum atomic E-state index is -0.0959. The van der Waals surface area contributed by atoms with Crippen LogP contribution in [0.15, 0.2) is 102 Å². The highest BCUT2D eigenvalue weighted by Gasteiger charge is 2.37. The molecule has 0 amide bonds. The summed E-state index contributed by atoms with van der Waals surface area (Å²) in [5.41, 5.74) is 6.37. The van der Waals surface area contributed by atoms with Crippen molar-refractivity contribution in [1.29, 1.82) is 0 Å². The molecule has 34 heavy (non-hydrogen) atoms. The van der Waals surface area contributed by atoms with Crippen molar-refractivity contribution in [1.82, 2.24) is 0 Å². The molecule has 1 nitrogen and oxygen atoms in total. The minimum absolute atomic E-state index is 0.0959. The molecule has 1 aliphatic rings. The van der Waals surface area contributed by atoms with Crippen LogP contribution in [-0.2, 0) is 5.41 Å². The molecule has 0 spiro atoms. The third-order valence-corrected chi connectivity index (χ3v) is 8.90. The van der Waals surface area contributed by atoms with Gasteiger partial charge in [-0.3, -0.25) is 0 Å². The predicted molar refractivity (Wildman–Crippen MR) is 151 cm³/mol. The molecule has 6 aromatic rings. The zero-order valence-corrected chi connectivity index (χ0v) is 21.4. The zero-order chi connectivity index (χ0) is 23.0. The summed E-state index contributed by atoms with van der Waals surface area (Å²) in [7, 11) is 0. The first-order valence-electron chi connectivity index (χ1n) is 11.6. The van der Waals surface area contributed by atoms with Crippen LogP contribution < -0.4 is 4.90 Å². The molecular formula is C31H22BrNS. The van der Waals surface area contributed by atoms with E-state index in [1.807, 2.05) is 11.3 Å². The van der Waals surface area contributed by atoms with Crippen LogP contribution in [0.4, 0.5) is 17.1 Å². The van der Waals surface area contributed by atoms with Gasteiger partial charge in [-0.15, -0.1) is 11.3 Å². The normalized spacial score (nSPS) is 14.5. The molecule has 7 rings (SSSR count). The number of halogens is 1. The molecule has 1 aliphatic heterocycles. The van der Waals surface area contributed by atoms with Crippen molar-refractivity contribution in [3.8, 4) is 0 Å². The first kappa shape index (κ1) is 20.3. The molecule has 2 heterocycles. The molecule has 3 heteroatoms. The summed E-state index contributed by atoms with van der Waals surface area (Å²) in [6, 6.07) is 35.8. The summed E-state index contributed by atoms with van der Waals surface area (Å²) in [6.07, 6.45) is 0. The number of hydrogen-bond donors (Lipinski definition) is 0. The van der Waals surface area contributed by atoms with E-state index in [-0.39, 0.29) is 5.41 Å². The van der Waals surface area contributed by atoms with E-state index < -0.39 is 0 Å². The van der Waals surface area contributed by atoms with Gasteiger partial charge in [0.15, 0.2) is 0 Å². The molecule has 0 radical (unpaired) electrons. The Balaban J connectivity index is 1.56. The second-order valence-corrected chi connectivity index (χ2v) is 11.6. The number of thiophene rings is 1. The van der Waals surface area contributed by atoms with Gasteiger partial charge < -0.3 is 4.90 Å². The van der Waals surface area contributed by atoms with Crippen molar-refractivity contribution < 1.29 is 0 Å². The molecular weight excluding hydrogens is 498 g/mol. The first-order chi connectivity index (χ1) is 16.5. The van der Waals surface area contributed by atoms with Gasteiger partial charge in [0.25, 0.3) is 0 Å². The summed E-state index contributed by atoms with van der Waals surface area (Å²) < 4.78 is 3.79. The Bertz CT molecular complexity index is 1760. The predicted octanol–water partition coefficient (Wildman–Crippen LogP) is 10.1. The smallest absolute Gasteiger partial charge is 0.0517 e. The number of hydrogen-bond acceptors (Lipinski definition) is 2. The fourth-order valence-electron chi connectivity index (χ4n) is 5.54. The summed E-state index contributed by atoms with van der Waals surface area (Å²) >= 11 is 5.50. The Hall–Kier alpha value is -3.14. The van der Waals surface area contributed by atoms with Gasteiger partial charge in [0.05, 0.1) is 11.4 Å². The lowest BCUT2D eigenvalue weighted by Gasteiger charge is -2.42. The van der Waals surface area contributed by atoms with E-state index in [0.29, 0.717) is 0 Å². The van der Waals surface area contributed by atoms with Gasteiger partial charge in [0.1, 0.15) is 0 Å². The fourth-order valence-corrected chi connectivity index (χ4v) is 7.04. The molecule has 1 aromatic heterocycles. The molecule has 0 aliphatic carbocycles. The standard InChI is InChI=1S/C31H22BrNS/c1-31(2)25-8-4-5-9-27(25)33(22-14-12-19-15-21(32)13-11-20(19)16-22)28-18-30-24(17-26(28)31)23-7-3-6-10-29(23)34-30/h3-18H,1-2H3. The second kappa shape index (κ2) is 7.18. The van der Waals surface area contributed by atoms with Crippen LogP contribution in [0.2, 0.25) is 0 Å². The van der Waals surface area contributed by atoms with E-state index in [9.17, 15) is 0 Å². The van der Waals surface area contributed by atoms with Crippen LogP contribution in [0.5, 0.6) is 0 Å². The van der Waals surface area contributed by atoms with Gasteiger partial charge in [-0.25, -0.2) is 0 Å². The third kappa shape index (κ3) is 2.84. The first-order valence-corrected chi connectivity index (χ1v) is 13.2. The van der Waals surface area contributed by atoms with E-state index in [1.54, 1.807) is 0 Å². The maximum Gasteiger partial charge on any atom is 0.0517 e. The Morgan fingerprint density at radius 1 is 0.647 bits per heavy atom. The van der Waals surface area contributed by atoms with E-state index in [2.05, 4.69) is 132 Å². The van der Waals surface area contributed by atoms with Gasteiger partial charge in [0, 0.05) is 35.7 Å². The van der Waals surface area contributed by atoms with Crippen molar-refractivity contribution >= 4 is 75.3 Å². The number of anilines is 3. The topological polar surface area (TPSA) is 3.24 Å². The zero-order valence-electron chi connectivity index (χ0n) is 19.0. The lowest BCUT2D eigenvalue weighted by Crippen LogP contribution is -2.30. The van der Waals surface area contributed by atoms with Crippen LogP contribution in [0.25, 0.3) is 30.9 Å². The third-order valence-electron chi connectivity index (χ3n) is 7.27. The number of para-hydroxylation sites is 1. The largest absolute Gasteiger partial charge is 0.310 e. The van der Waals surface area contributed by atoms with Crippen molar-refractivity contribution in [3.63, 3.8) is 0 Å². The van der Waals surface area contributed by atoms with Gasteiger partial charge in [-0.2, -0.15) is 0 Å². The SMILES string of the molecule is CC1(C)c2ccccc2N(c2ccc3cc(Br)ccc3c2)c2cc3sc4ccccc4c3cc21. The van der Waals surface area contributed by atoms with E-state index >= 15 is 0 Å². The maximum atomic E-state index is 3.61. The summed E-state index contributed by atoms with van der Waals surface area (Å²) in [5, 5.41) is 5.19. The molecule has 0 unspecified atom stereocenters. The average Bonchev–Trinajstić information content (AvgIpc) is 3.21. The lowest BCUT2D eigenvalue weighted by molar-refractivity contribution is 0.633. The van der Waals surface area contributed by atoms with Gasteiger partial charge in [0.2, 0.25) is 0 Å². The average molecular weight is 520 g/mol. The summed E-state index contributed by atoms with van der Waals surface area (Å²) in [6.45, 7) is 4.72. The van der Waals surface area contributed by atoms with Crippen LogP contribution >= 0.6 is 27.3 Å². The molecule has 5 aromatic carbocycles. The van der Waals surface area contributed by atoms with Crippen LogP contribution in [-0.4, -0.2) is 0 Å². The summed E-state index contributed by atoms with van der Waals surface area (Å²) in [4.78, 5) is 2.46.